The quantitative estimate of drug-likeness (QED) is 0.762. The first-order chi connectivity index (χ1) is 12.0. The lowest BCUT2D eigenvalue weighted by molar-refractivity contribution is 0.173. The summed E-state index contributed by atoms with van der Waals surface area (Å²) >= 11 is 0. The SMILES string of the molecule is CCC(CNC(=O)N1CCC(c2nnc(CO)n2C)CC1)N(C)CC. The molecule has 0 spiro atoms. The first-order valence-corrected chi connectivity index (χ1v) is 9.23. The maximum absolute atomic E-state index is 12.4. The van der Waals surface area contributed by atoms with Crippen LogP contribution in [-0.4, -0.2) is 75.0 Å². The van der Waals surface area contributed by atoms with Crippen LogP contribution in [0.3, 0.4) is 0 Å². The maximum atomic E-state index is 12.4. The molecule has 0 radical (unpaired) electrons. The lowest BCUT2D eigenvalue weighted by atomic mass is 9.96. The molecule has 1 aliphatic heterocycles. The van der Waals surface area contributed by atoms with E-state index < -0.39 is 0 Å². The predicted molar refractivity (Wildman–Crippen MR) is 96.3 cm³/mol. The number of hydrogen-bond acceptors (Lipinski definition) is 5. The second-order valence-electron chi connectivity index (χ2n) is 6.77. The average Bonchev–Trinajstić information content (AvgIpc) is 3.02. The number of aliphatic hydroxyl groups is 1. The van der Waals surface area contributed by atoms with Gasteiger partial charge in [-0.05, 0) is 32.9 Å². The summed E-state index contributed by atoms with van der Waals surface area (Å²) in [7, 11) is 3.97. The number of nitrogens with zero attached hydrogens (tertiary/aromatic N) is 5. The van der Waals surface area contributed by atoms with Crippen LogP contribution in [0.15, 0.2) is 0 Å². The van der Waals surface area contributed by atoms with Gasteiger partial charge in [0.15, 0.2) is 5.82 Å². The van der Waals surface area contributed by atoms with Crippen LogP contribution in [0.5, 0.6) is 0 Å². The number of hydrogen-bond donors (Lipinski definition) is 2. The molecule has 0 saturated carbocycles. The van der Waals surface area contributed by atoms with E-state index in [-0.39, 0.29) is 18.6 Å². The van der Waals surface area contributed by atoms with E-state index in [2.05, 4.69) is 41.3 Å². The van der Waals surface area contributed by atoms with Crippen molar-refractivity contribution in [3.63, 3.8) is 0 Å². The van der Waals surface area contributed by atoms with Crippen molar-refractivity contribution in [3.05, 3.63) is 11.6 Å². The third-order valence-electron chi connectivity index (χ3n) is 5.37. The van der Waals surface area contributed by atoms with E-state index in [0.717, 1.165) is 44.7 Å². The highest BCUT2D eigenvalue weighted by atomic mass is 16.3. The summed E-state index contributed by atoms with van der Waals surface area (Å²) in [5, 5.41) is 20.5. The minimum atomic E-state index is -0.102. The van der Waals surface area contributed by atoms with Gasteiger partial charge >= 0.3 is 6.03 Å². The molecule has 25 heavy (non-hydrogen) atoms. The van der Waals surface area contributed by atoms with E-state index in [1.807, 2.05) is 16.5 Å². The Balaban J connectivity index is 1.83. The fraction of sp³-hybridized carbons (Fsp3) is 0.824. The maximum Gasteiger partial charge on any atom is 0.317 e. The van der Waals surface area contributed by atoms with Crippen molar-refractivity contribution in [2.45, 2.75) is 51.7 Å². The monoisotopic (exact) mass is 352 g/mol. The van der Waals surface area contributed by atoms with Gasteiger partial charge in [0.05, 0.1) is 0 Å². The van der Waals surface area contributed by atoms with Crippen LogP contribution in [0.2, 0.25) is 0 Å². The zero-order valence-electron chi connectivity index (χ0n) is 15.9. The zero-order chi connectivity index (χ0) is 18.4. The highest BCUT2D eigenvalue weighted by Crippen LogP contribution is 2.26. The molecule has 1 unspecified atom stereocenters. The van der Waals surface area contributed by atoms with E-state index >= 15 is 0 Å². The van der Waals surface area contributed by atoms with Crippen LogP contribution in [0.1, 0.15) is 50.7 Å². The number of carbonyl (C=O) groups is 1. The largest absolute Gasteiger partial charge is 0.388 e. The Kier molecular flexibility index (Phi) is 7.19. The molecule has 1 fully saturated rings. The van der Waals surface area contributed by atoms with E-state index in [1.54, 1.807) is 0 Å². The molecule has 8 nitrogen and oxygen atoms in total. The van der Waals surface area contributed by atoms with Gasteiger partial charge in [0, 0.05) is 38.6 Å². The van der Waals surface area contributed by atoms with Crippen LogP contribution in [0.25, 0.3) is 0 Å². The lowest BCUT2D eigenvalue weighted by Crippen LogP contribution is -2.48. The Hall–Kier alpha value is -1.67. The van der Waals surface area contributed by atoms with Crippen molar-refractivity contribution in [3.8, 4) is 0 Å². The second-order valence-corrected chi connectivity index (χ2v) is 6.77. The summed E-state index contributed by atoms with van der Waals surface area (Å²) in [4.78, 5) is 16.6. The molecule has 142 valence electrons. The van der Waals surface area contributed by atoms with Crippen LogP contribution in [-0.2, 0) is 13.7 Å². The molecule has 1 aliphatic rings. The standard InChI is InChI=1S/C17H32N6O2/c1-5-14(21(3)6-2)11-18-17(25)23-9-7-13(8-10-23)16-20-19-15(12-24)22(16)4/h13-14,24H,5-12H2,1-4H3,(H,18,25). The molecule has 2 amide bonds. The molecule has 2 N–H and O–H groups in total. The average molecular weight is 352 g/mol. The van der Waals surface area contributed by atoms with Crippen LogP contribution in [0, 0.1) is 0 Å². The molecule has 2 rings (SSSR count). The van der Waals surface area contributed by atoms with Crippen LogP contribution < -0.4 is 5.32 Å². The third-order valence-corrected chi connectivity index (χ3v) is 5.37. The Bertz CT molecular complexity index is 553. The topological polar surface area (TPSA) is 86.5 Å². The van der Waals surface area contributed by atoms with Crippen molar-refractivity contribution in [2.75, 3.05) is 33.2 Å². The van der Waals surface area contributed by atoms with Crippen molar-refractivity contribution < 1.29 is 9.90 Å². The Labute approximate surface area is 150 Å². The van der Waals surface area contributed by atoms with E-state index in [0.29, 0.717) is 18.4 Å². The number of amides is 2. The van der Waals surface area contributed by atoms with Gasteiger partial charge in [-0.1, -0.05) is 13.8 Å². The normalized spacial score (nSPS) is 17.1. The molecule has 0 aromatic carbocycles. The molecule has 1 aromatic rings. The van der Waals surface area contributed by atoms with Crippen LogP contribution in [0.4, 0.5) is 4.79 Å². The van der Waals surface area contributed by atoms with Crippen molar-refractivity contribution >= 4 is 6.03 Å². The molecule has 2 heterocycles. The minimum absolute atomic E-state index is 0.0235. The fourth-order valence-corrected chi connectivity index (χ4v) is 3.40. The second kappa shape index (κ2) is 9.15. The van der Waals surface area contributed by atoms with Crippen LogP contribution >= 0.6 is 0 Å². The number of rotatable bonds is 7. The van der Waals surface area contributed by atoms with E-state index in [4.69, 9.17) is 0 Å². The first-order valence-electron chi connectivity index (χ1n) is 9.23. The molecule has 0 aliphatic carbocycles. The van der Waals surface area contributed by atoms with Gasteiger partial charge in [-0.3, -0.25) is 0 Å². The van der Waals surface area contributed by atoms with Crippen molar-refractivity contribution in [1.29, 1.82) is 0 Å². The zero-order valence-corrected chi connectivity index (χ0v) is 15.9. The number of piperidine rings is 1. The molecule has 8 heteroatoms. The number of nitrogens with one attached hydrogen (secondary N) is 1. The van der Waals surface area contributed by atoms with Gasteiger partial charge in [0.2, 0.25) is 0 Å². The fourth-order valence-electron chi connectivity index (χ4n) is 3.40. The van der Waals surface area contributed by atoms with Gasteiger partial charge in [0.1, 0.15) is 12.4 Å². The number of carbonyl (C=O) groups excluding carboxylic acids is 1. The lowest BCUT2D eigenvalue weighted by Gasteiger charge is -2.33. The number of likely N-dealkylation sites (N-methyl/N-ethyl adjacent to an activating group) is 1. The van der Waals surface area contributed by atoms with Crippen molar-refractivity contribution in [2.24, 2.45) is 7.05 Å². The van der Waals surface area contributed by atoms with Gasteiger partial charge in [-0.2, -0.15) is 0 Å². The van der Waals surface area contributed by atoms with Gasteiger partial charge < -0.3 is 24.8 Å². The Morgan fingerprint density at radius 2 is 2.04 bits per heavy atom. The van der Waals surface area contributed by atoms with Gasteiger partial charge in [-0.25, -0.2) is 4.79 Å². The summed E-state index contributed by atoms with van der Waals surface area (Å²) in [6.07, 6.45) is 2.76. The summed E-state index contributed by atoms with van der Waals surface area (Å²) in [5.74, 6) is 1.78. The number of aliphatic hydroxyl groups excluding tert-OH is 1. The molecular weight excluding hydrogens is 320 g/mol. The van der Waals surface area contributed by atoms with Gasteiger partial charge in [-0.15, -0.1) is 10.2 Å². The number of aromatic nitrogens is 3. The summed E-state index contributed by atoms with van der Waals surface area (Å²) < 4.78 is 1.87. The molecular formula is C17H32N6O2. The predicted octanol–water partition coefficient (Wildman–Crippen LogP) is 0.927. The van der Waals surface area contributed by atoms with E-state index in [1.165, 1.54) is 0 Å². The number of urea groups is 1. The molecule has 1 atom stereocenters. The minimum Gasteiger partial charge on any atom is -0.388 e. The Morgan fingerprint density at radius 3 is 2.56 bits per heavy atom. The molecule has 1 saturated heterocycles. The highest BCUT2D eigenvalue weighted by molar-refractivity contribution is 5.74. The highest BCUT2D eigenvalue weighted by Gasteiger charge is 2.27. The van der Waals surface area contributed by atoms with E-state index in [9.17, 15) is 9.90 Å². The third kappa shape index (κ3) is 4.70. The summed E-state index contributed by atoms with van der Waals surface area (Å²) in [5.41, 5.74) is 0. The Morgan fingerprint density at radius 1 is 1.36 bits per heavy atom. The van der Waals surface area contributed by atoms with Gasteiger partial charge in [0.25, 0.3) is 0 Å². The first kappa shape index (κ1) is 19.7. The molecule has 0 bridgehead atoms. The van der Waals surface area contributed by atoms with Crippen molar-refractivity contribution in [1.82, 2.24) is 29.9 Å². The number of likely N-dealkylation sites (tertiary alicyclic amines) is 1. The summed E-state index contributed by atoms with van der Waals surface area (Å²) in [6, 6.07) is 0.400. The smallest absolute Gasteiger partial charge is 0.317 e. The summed E-state index contributed by atoms with van der Waals surface area (Å²) in [6.45, 7) is 7.28. The molecule has 1 aromatic heterocycles.